The molecule has 0 saturated carbocycles. The maximum Gasteiger partial charge on any atom is 0.113 e. The van der Waals surface area contributed by atoms with Gasteiger partial charge < -0.3 is 15.2 Å². The molecule has 1 aliphatic rings. The molecule has 2 N–H and O–H groups in total. The first-order chi connectivity index (χ1) is 13.7. The van der Waals surface area contributed by atoms with Crippen molar-refractivity contribution in [2.45, 2.75) is 31.3 Å². The van der Waals surface area contributed by atoms with Crippen LogP contribution in [0, 0.1) is 11.3 Å². The number of nitrogens with one attached hydrogen (secondary N) is 1. The Morgan fingerprint density at radius 1 is 1.18 bits per heavy atom. The van der Waals surface area contributed by atoms with E-state index in [1.165, 1.54) is 0 Å². The molecule has 1 aromatic heterocycles. The minimum Gasteiger partial charge on any atom is -0.389 e. The number of hydrogen-bond acceptors (Lipinski definition) is 6. The van der Waals surface area contributed by atoms with E-state index in [1.54, 1.807) is 16.8 Å². The van der Waals surface area contributed by atoms with Gasteiger partial charge in [0.05, 0.1) is 49.2 Å². The van der Waals surface area contributed by atoms with Gasteiger partial charge in [-0.15, -0.1) is 5.10 Å². The van der Waals surface area contributed by atoms with Gasteiger partial charge in [-0.25, -0.2) is 4.68 Å². The molecule has 1 saturated heterocycles. The number of nitrogens with zero attached hydrogens (tertiary/aromatic N) is 4. The van der Waals surface area contributed by atoms with E-state index in [9.17, 15) is 5.11 Å². The first-order valence-electron chi connectivity index (χ1n) is 9.20. The second-order valence-electron chi connectivity index (χ2n) is 6.85. The molecular weight excluding hydrogens is 354 g/mol. The topological polar surface area (TPSA) is 96.0 Å². The van der Waals surface area contributed by atoms with E-state index >= 15 is 0 Å². The van der Waals surface area contributed by atoms with Gasteiger partial charge in [0.15, 0.2) is 0 Å². The number of aliphatic hydroxyl groups excluding tert-OH is 1. The molecule has 0 bridgehead atoms. The zero-order valence-corrected chi connectivity index (χ0v) is 15.3. The fourth-order valence-corrected chi connectivity index (χ4v) is 3.36. The van der Waals surface area contributed by atoms with Crippen molar-refractivity contribution >= 4 is 0 Å². The number of aromatic nitrogens is 3. The quantitative estimate of drug-likeness (QED) is 0.681. The van der Waals surface area contributed by atoms with Crippen LogP contribution in [0.4, 0.5) is 0 Å². The fraction of sp³-hybridized carbons (Fsp3) is 0.286. The fourth-order valence-electron chi connectivity index (χ4n) is 3.36. The molecule has 7 nitrogen and oxygen atoms in total. The monoisotopic (exact) mass is 375 g/mol. The summed E-state index contributed by atoms with van der Waals surface area (Å²) in [5, 5.41) is 31.0. The van der Waals surface area contributed by atoms with Crippen molar-refractivity contribution < 1.29 is 9.84 Å². The van der Waals surface area contributed by atoms with Gasteiger partial charge in [-0.2, -0.15) is 5.26 Å². The minimum atomic E-state index is -0.583. The Morgan fingerprint density at radius 3 is 2.71 bits per heavy atom. The number of benzene rings is 2. The van der Waals surface area contributed by atoms with Gasteiger partial charge in [0, 0.05) is 12.1 Å². The summed E-state index contributed by atoms with van der Waals surface area (Å²) in [7, 11) is 0. The molecule has 4 rings (SSSR count). The van der Waals surface area contributed by atoms with Crippen LogP contribution in [0.3, 0.4) is 0 Å². The summed E-state index contributed by atoms with van der Waals surface area (Å²) in [6, 6.07) is 19.2. The predicted octanol–water partition coefficient (Wildman–Crippen LogP) is 1.73. The molecule has 0 unspecified atom stereocenters. The Hall–Kier alpha value is -3.05. The van der Waals surface area contributed by atoms with Crippen molar-refractivity contribution in [2.75, 3.05) is 6.61 Å². The summed E-state index contributed by atoms with van der Waals surface area (Å²) in [6.07, 6.45) is 1.10. The van der Waals surface area contributed by atoms with Gasteiger partial charge in [0.25, 0.3) is 0 Å². The molecule has 1 fully saturated rings. The smallest absolute Gasteiger partial charge is 0.113 e. The van der Waals surface area contributed by atoms with Crippen LogP contribution >= 0.6 is 0 Å². The largest absolute Gasteiger partial charge is 0.389 e. The van der Waals surface area contributed by atoms with Gasteiger partial charge in [-0.1, -0.05) is 47.7 Å². The lowest BCUT2D eigenvalue weighted by Crippen LogP contribution is -2.45. The summed E-state index contributed by atoms with van der Waals surface area (Å²) < 4.78 is 7.53. The average molecular weight is 375 g/mol. The first-order valence-corrected chi connectivity index (χ1v) is 9.20. The van der Waals surface area contributed by atoms with Crippen molar-refractivity contribution in [3.8, 4) is 17.3 Å². The van der Waals surface area contributed by atoms with Crippen LogP contribution in [0.15, 0.2) is 60.8 Å². The minimum absolute atomic E-state index is 0.208. The average Bonchev–Trinajstić information content (AvgIpc) is 3.35. The number of ether oxygens (including phenoxy) is 1. The molecule has 2 aromatic carbocycles. The SMILES string of the molecule is N#Cc1ccc(CN[C@@H]2[C@@H](O)CO[C@@H]2Cn2cc(-c3ccccc3)nn2)cc1. The van der Waals surface area contributed by atoms with E-state index < -0.39 is 6.10 Å². The second-order valence-corrected chi connectivity index (χ2v) is 6.85. The van der Waals surface area contributed by atoms with Crippen molar-refractivity contribution in [2.24, 2.45) is 0 Å². The van der Waals surface area contributed by atoms with Crippen molar-refractivity contribution in [1.29, 1.82) is 5.26 Å². The van der Waals surface area contributed by atoms with Gasteiger partial charge in [-0.05, 0) is 17.7 Å². The zero-order valence-electron chi connectivity index (χ0n) is 15.3. The van der Waals surface area contributed by atoms with Crippen LogP contribution in [-0.2, 0) is 17.8 Å². The highest BCUT2D eigenvalue weighted by Crippen LogP contribution is 2.19. The van der Waals surface area contributed by atoms with Crippen LogP contribution in [0.25, 0.3) is 11.3 Å². The number of rotatable bonds is 6. The zero-order chi connectivity index (χ0) is 19.3. The van der Waals surface area contributed by atoms with Gasteiger partial charge in [-0.3, -0.25) is 0 Å². The van der Waals surface area contributed by atoms with E-state index in [0.29, 0.717) is 18.7 Å². The summed E-state index contributed by atoms with van der Waals surface area (Å²) >= 11 is 0. The van der Waals surface area contributed by atoms with Gasteiger partial charge >= 0.3 is 0 Å². The van der Waals surface area contributed by atoms with Crippen LogP contribution in [0.2, 0.25) is 0 Å². The van der Waals surface area contributed by atoms with E-state index in [4.69, 9.17) is 10.00 Å². The third kappa shape index (κ3) is 4.10. The van der Waals surface area contributed by atoms with E-state index in [1.807, 2.05) is 48.7 Å². The molecule has 7 heteroatoms. The molecule has 0 spiro atoms. The highest BCUT2D eigenvalue weighted by molar-refractivity contribution is 5.57. The Bertz CT molecular complexity index is 949. The third-order valence-corrected chi connectivity index (χ3v) is 4.90. The molecule has 142 valence electrons. The summed E-state index contributed by atoms with van der Waals surface area (Å²) in [5.74, 6) is 0. The lowest BCUT2D eigenvalue weighted by Gasteiger charge is -2.21. The normalized spacial score (nSPS) is 21.5. The number of nitriles is 1. The molecule has 2 heterocycles. The molecule has 3 aromatic rings. The molecular formula is C21H21N5O2. The highest BCUT2D eigenvalue weighted by Gasteiger charge is 2.36. The van der Waals surface area contributed by atoms with E-state index in [-0.39, 0.29) is 18.8 Å². The number of aliphatic hydroxyl groups is 1. The maximum absolute atomic E-state index is 10.3. The van der Waals surface area contributed by atoms with Gasteiger partial charge in [0.1, 0.15) is 5.69 Å². The molecule has 1 aliphatic heterocycles. The number of hydrogen-bond donors (Lipinski definition) is 2. The predicted molar refractivity (Wildman–Crippen MR) is 103 cm³/mol. The van der Waals surface area contributed by atoms with Crippen molar-refractivity contribution in [1.82, 2.24) is 20.3 Å². The lowest BCUT2D eigenvalue weighted by atomic mass is 10.1. The van der Waals surface area contributed by atoms with Crippen LogP contribution in [0.5, 0.6) is 0 Å². The third-order valence-electron chi connectivity index (χ3n) is 4.90. The molecule has 3 atom stereocenters. The van der Waals surface area contributed by atoms with Crippen molar-refractivity contribution in [3.05, 3.63) is 71.9 Å². The first kappa shape index (κ1) is 18.3. The maximum atomic E-state index is 10.3. The van der Waals surface area contributed by atoms with Crippen molar-refractivity contribution in [3.63, 3.8) is 0 Å². The standard InChI is InChI=1S/C21H21N5O2/c22-10-15-6-8-16(9-7-15)11-23-21-19(27)14-28-20(21)13-26-12-18(24-25-26)17-4-2-1-3-5-17/h1-9,12,19-21,23,27H,11,13-14H2/t19-,20+,21+/m0/s1. The van der Waals surface area contributed by atoms with Crippen LogP contribution < -0.4 is 5.32 Å². The Balaban J connectivity index is 1.39. The highest BCUT2D eigenvalue weighted by atomic mass is 16.5. The second kappa shape index (κ2) is 8.31. The van der Waals surface area contributed by atoms with Crippen LogP contribution in [-0.4, -0.2) is 45.0 Å². The molecule has 0 radical (unpaired) electrons. The summed E-state index contributed by atoms with van der Waals surface area (Å²) in [6.45, 7) is 1.37. The van der Waals surface area contributed by atoms with E-state index in [0.717, 1.165) is 16.8 Å². The Labute approximate surface area is 163 Å². The molecule has 0 aliphatic carbocycles. The summed E-state index contributed by atoms with van der Waals surface area (Å²) in [4.78, 5) is 0. The van der Waals surface area contributed by atoms with Crippen LogP contribution in [0.1, 0.15) is 11.1 Å². The summed E-state index contributed by atoms with van der Waals surface area (Å²) in [5.41, 5.74) is 3.49. The van der Waals surface area contributed by atoms with E-state index in [2.05, 4.69) is 21.7 Å². The molecule has 0 amide bonds. The molecule has 28 heavy (non-hydrogen) atoms. The van der Waals surface area contributed by atoms with Gasteiger partial charge in [0.2, 0.25) is 0 Å². The Morgan fingerprint density at radius 2 is 1.96 bits per heavy atom. The Kier molecular flexibility index (Phi) is 5.44. The lowest BCUT2D eigenvalue weighted by molar-refractivity contribution is 0.0741.